The molecule has 9 heteroatoms. The zero-order chi connectivity index (χ0) is 22.4. The van der Waals surface area contributed by atoms with E-state index in [-0.39, 0.29) is 18.1 Å². The summed E-state index contributed by atoms with van der Waals surface area (Å²) in [7, 11) is 1.43. The highest BCUT2D eigenvalue weighted by Crippen LogP contribution is 2.25. The maximum absolute atomic E-state index is 13.0. The maximum atomic E-state index is 13.0. The van der Waals surface area contributed by atoms with Gasteiger partial charge in [0.05, 0.1) is 12.6 Å². The second-order valence-electron chi connectivity index (χ2n) is 8.02. The van der Waals surface area contributed by atoms with Crippen molar-refractivity contribution in [2.45, 2.75) is 66.7 Å². The molecular formula is C19H31F3N2O4. The fourth-order valence-electron chi connectivity index (χ4n) is 2.53. The number of nitrogens with one attached hydrogen (secondary N) is 1. The zero-order valence-corrected chi connectivity index (χ0v) is 17.7. The molecule has 1 unspecified atom stereocenters. The molecule has 0 aliphatic rings. The first kappa shape index (κ1) is 25.9. The molecule has 0 fully saturated rings. The Balaban J connectivity index is 5.79. The molecule has 28 heavy (non-hydrogen) atoms. The summed E-state index contributed by atoms with van der Waals surface area (Å²) in [6.45, 7) is 11.7. The molecule has 2 amide bonds. The lowest BCUT2D eigenvalue weighted by atomic mass is 9.85. The number of halogens is 3. The van der Waals surface area contributed by atoms with Gasteiger partial charge in [0.15, 0.2) is 0 Å². The van der Waals surface area contributed by atoms with Crippen molar-refractivity contribution in [1.29, 1.82) is 0 Å². The van der Waals surface area contributed by atoms with E-state index < -0.39 is 41.5 Å². The van der Waals surface area contributed by atoms with Crippen LogP contribution in [0, 0.1) is 11.3 Å². The summed E-state index contributed by atoms with van der Waals surface area (Å²) < 4.78 is 43.0. The molecule has 0 saturated carbocycles. The molecule has 0 radical (unpaired) electrons. The van der Waals surface area contributed by atoms with Crippen LogP contribution in [0.2, 0.25) is 0 Å². The molecule has 0 bridgehead atoms. The van der Waals surface area contributed by atoms with E-state index in [1.54, 1.807) is 46.0 Å². The molecule has 162 valence electrons. The minimum Gasteiger partial charge on any atom is -0.463 e. The third kappa shape index (κ3) is 7.52. The van der Waals surface area contributed by atoms with Gasteiger partial charge in [0.2, 0.25) is 5.91 Å². The standard InChI is InChI=1S/C19H31F3N2O4/c1-9-28-16(26)12(4)10-13(11(2)3)24(8)15(25)14(18(5,6)7)23-17(27)19(20,21)22/h10-11,13-14H,9H2,1-8H3,(H,23,27)/t13-,14?/m1/s1. The Bertz CT molecular complexity index is 607. The Kier molecular flexibility index (Phi) is 9.20. The molecule has 0 spiro atoms. The molecule has 0 aromatic rings. The average molecular weight is 408 g/mol. The minimum atomic E-state index is -5.10. The summed E-state index contributed by atoms with van der Waals surface area (Å²) in [6, 6.07) is -1.98. The average Bonchev–Trinajstić information content (AvgIpc) is 2.53. The molecular weight excluding hydrogens is 377 g/mol. The van der Waals surface area contributed by atoms with Crippen LogP contribution >= 0.6 is 0 Å². The third-order valence-corrected chi connectivity index (χ3v) is 4.14. The van der Waals surface area contributed by atoms with Crippen molar-refractivity contribution in [2.75, 3.05) is 13.7 Å². The number of ether oxygens (including phenoxy) is 1. The first-order valence-corrected chi connectivity index (χ1v) is 9.03. The summed E-state index contributed by atoms with van der Waals surface area (Å²) in [6.07, 6.45) is -3.55. The van der Waals surface area contributed by atoms with Gasteiger partial charge in [-0.3, -0.25) is 9.59 Å². The van der Waals surface area contributed by atoms with E-state index in [0.29, 0.717) is 0 Å². The molecule has 0 rings (SSSR count). The Hall–Kier alpha value is -2.06. The smallest absolute Gasteiger partial charge is 0.463 e. The number of carbonyl (C=O) groups excluding carboxylic acids is 3. The van der Waals surface area contributed by atoms with Gasteiger partial charge in [-0.15, -0.1) is 0 Å². The first-order chi connectivity index (χ1) is 12.5. The van der Waals surface area contributed by atoms with Gasteiger partial charge in [-0.05, 0) is 25.2 Å². The molecule has 0 aromatic carbocycles. The normalized spacial score (nSPS) is 15.1. The predicted molar refractivity (Wildman–Crippen MR) is 99.2 cm³/mol. The van der Waals surface area contributed by atoms with E-state index in [0.717, 1.165) is 0 Å². The Morgan fingerprint density at radius 3 is 2.00 bits per heavy atom. The predicted octanol–water partition coefficient (Wildman–Crippen LogP) is 3.07. The van der Waals surface area contributed by atoms with Gasteiger partial charge >= 0.3 is 18.1 Å². The van der Waals surface area contributed by atoms with Crippen molar-refractivity contribution >= 4 is 17.8 Å². The molecule has 0 saturated heterocycles. The van der Waals surface area contributed by atoms with Gasteiger partial charge in [0.25, 0.3) is 0 Å². The second kappa shape index (κ2) is 9.93. The molecule has 0 heterocycles. The highest BCUT2D eigenvalue weighted by Gasteiger charge is 2.44. The van der Waals surface area contributed by atoms with E-state index in [1.807, 2.05) is 13.8 Å². The van der Waals surface area contributed by atoms with Crippen LogP contribution in [-0.4, -0.2) is 54.6 Å². The quantitative estimate of drug-likeness (QED) is 0.519. The number of likely N-dealkylation sites (N-methyl/N-ethyl adjacent to an activating group) is 1. The Morgan fingerprint density at radius 1 is 1.14 bits per heavy atom. The van der Waals surface area contributed by atoms with E-state index in [1.165, 1.54) is 11.9 Å². The number of nitrogens with zero attached hydrogens (tertiary/aromatic N) is 1. The first-order valence-electron chi connectivity index (χ1n) is 9.03. The van der Waals surface area contributed by atoms with Gasteiger partial charge in [0, 0.05) is 12.6 Å². The molecule has 0 aromatic heterocycles. The van der Waals surface area contributed by atoms with Crippen LogP contribution in [0.15, 0.2) is 11.6 Å². The number of esters is 1. The highest BCUT2D eigenvalue weighted by atomic mass is 19.4. The van der Waals surface area contributed by atoms with Gasteiger partial charge in [-0.25, -0.2) is 4.79 Å². The van der Waals surface area contributed by atoms with Crippen LogP contribution in [-0.2, 0) is 19.1 Å². The molecule has 0 aliphatic heterocycles. The van der Waals surface area contributed by atoms with Crippen molar-refractivity contribution < 1.29 is 32.3 Å². The third-order valence-electron chi connectivity index (χ3n) is 4.14. The fraction of sp³-hybridized carbons (Fsp3) is 0.737. The number of alkyl halides is 3. The topological polar surface area (TPSA) is 75.7 Å². The van der Waals surface area contributed by atoms with E-state index in [9.17, 15) is 27.6 Å². The Morgan fingerprint density at radius 2 is 1.64 bits per heavy atom. The van der Waals surface area contributed by atoms with Crippen LogP contribution in [0.4, 0.5) is 13.2 Å². The molecule has 6 nitrogen and oxygen atoms in total. The van der Waals surface area contributed by atoms with Crippen molar-refractivity contribution in [2.24, 2.45) is 11.3 Å². The van der Waals surface area contributed by atoms with E-state index >= 15 is 0 Å². The number of amides is 2. The van der Waals surface area contributed by atoms with E-state index in [2.05, 4.69) is 0 Å². The van der Waals surface area contributed by atoms with Crippen molar-refractivity contribution in [1.82, 2.24) is 10.2 Å². The van der Waals surface area contributed by atoms with Gasteiger partial charge in [-0.2, -0.15) is 13.2 Å². The summed E-state index contributed by atoms with van der Waals surface area (Å²) in [4.78, 5) is 37.5. The Labute approximate surface area is 164 Å². The van der Waals surface area contributed by atoms with Gasteiger partial charge in [-0.1, -0.05) is 40.7 Å². The highest BCUT2D eigenvalue weighted by molar-refractivity contribution is 5.91. The summed E-state index contributed by atoms with van der Waals surface area (Å²) in [5, 5.41) is 1.80. The monoisotopic (exact) mass is 408 g/mol. The number of carbonyl (C=O) groups is 3. The van der Waals surface area contributed by atoms with Crippen LogP contribution in [0.25, 0.3) is 0 Å². The van der Waals surface area contributed by atoms with E-state index in [4.69, 9.17) is 4.74 Å². The lowest BCUT2D eigenvalue weighted by Crippen LogP contribution is -2.58. The van der Waals surface area contributed by atoms with Crippen molar-refractivity contribution in [3.05, 3.63) is 11.6 Å². The second-order valence-corrected chi connectivity index (χ2v) is 8.02. The van der Waals surface area contributed by atoms with Gasteiger partial charge in [0.1, 0.15) is 6.04 Å². The summed E-state index contributed by atoms with van der Waals surface area (Å²) >= 11 is 0. The summed E-state index contributed by atoms with van der Waals surface area (Å²) in [5.74, 6) is -3.53. The van der Waals surface area contributed by atoms with Crippen LogP contribution in [0.1, 0.15) is 48.5 Å². The largest absolute Gasteiger partial charge is 0.471 e. The van der Waals surface area contributed by atoms with Crippen LogP contribution in [0.5, 0.6) is 0 Å². The van der Waals surface area contributed by atoms with Crippen molar-refractivity contribution in [3.63, 3.8) is 0 Å². The van der Waals surface area contributed by atoms with Crippen LogP contribution < -0.4 is 5.32 Å². The lowest BCUT2D eigenvalue weighted by molar-refractivity contribution is -0.176. The van der Waals surface area contributed by atoms with Crippen LogP contribution in [0.3, 0.4) is 0 Å². The zero-order valence-electron chi connectivity index (χ0n) is 17.7. The van der Waals surface area contributed by atoms with Crippen molar-refractivity contribution in [3.8, 4) is 0 Å². The summed E-state index contributed by atoms with van der Waals surface area (Å²) in [5.41, 5.74) is -0.680. The maximum Gasteiger partial charge on any atom is 0.471 e. The molecule has 0 aliphatic carbocycles. The number of hydrogen-bond acceptors (Lipinski definition) is 4. The SMILES string of the molecule is CCOC(=O)C(C)=C[C@H](C(C)C)N(C)C(=O)C(NC(=O)C(F)(F)F)C(C)(C)C. The fourth-order valence-corrected chi connectivity index (χ4v) is 2.53. The molecule has 2 atom stereocenters. The van der Waals surface area contributed by atoms with Gasteiger partial charge < -0.3 is 15.0 Å². The number of hydrogen-bond donors (Lipinski definition) is 1. The minimum absolute atomic E-state index is 0.141. The lowest BCUT2D eigenvalue weighted by Gasteiger charge is -2.37. The number of rotatable bonds is 7. The molecule has 1 N–H and O–H groups in total.